The van der Waals surface area contributed by atoms with Gasteiger partial charge in [-0.15, -0.1) is 0 Å². The summed E-state index contributed by atoms with van der Waals surface area (Å²) in [5, 5.41) is 0. The zero-order chi connectivity index (χ0) is 7.94. The van der Waals surface area contributed by atoms with Gasteiger partial charge in [-0.3, -0.25) is 0 Å². The molecule has 1 nitrogen and oxygen atoms in total. The van der Waals surface area contributed by atoms with Gasteiger partial charge in [0.2, 0.25) is 0 Å². The zero-order valence-electron chi connectivity index (χ0n) is 7.22. The Morgan fingerprint density at radius 2 is 1.91 bits per heavy atom. The van der Waals surface area contributed by atoms with E-state index in [1.165, 1.54) is 38.5 Å². The third-order valence-corrected chi connectivity index (χ3v) is 2.66. The fraction of sp³-hybridized carbons (Fsp3) is 0.900. The molecule has 1 fully saturated rings. The maximum Gasteiger partial charge on any atom is 0.119 e. The van der Waals surface area contributed by atoms with Crippen LogP contribution in [0.15, 0.2) is 0 Å². The van der Waals surface area contributed by atoms with E-state index in [0.717, 1.165) is 25.0 Å². The largest absolute Gasteiger partial charge is 0.303 e. The molecular formula is C10H18O. The summed E-state index contributed by atoms with van der Waals surface area (Å²) in [6.45, 7) is 0. The molecule has 1 aliphatic rings. The molecule has 1 saturated carbocycles. The van der Waals surface area contributed by atoms with Crippen molar-refractivity contribution in [2.75, 3.05) is 0 Å². The van der Waals surface area contributed by atoms with Crippen molar-refractivity contribution in [3.05, 3.63) is 0 Å². The van der Waals surface area contributed by atoms with E-state index in [2.05, 4.69) is 0 Å². The molecule has 0 aromatic rings. The summed E-state index contributed by atoms with van der Waals surface area (Å²) in [4.78, 5) is 10.0. The van der Waals surface area contributed by atoms with Crippen molar-refractivity contribution in [2.45, 2.75) is 51.4 Å². The van der Waals surface area contributed by atoms with Gasteiger partial charge in [-0.05, 0) is 12.3 Å². The summed E-state index contributed by atoms with van der Waals surface area (Å²) in [5.74, 6) is 1.00. The highest BCUT2D eigenvalue weighted by Crippen LogP contribution is 2.28. The van der Waals surface area contributed by atoms with Crippen LogP contribution in [0, 0.1) is 5.92 Å². The molecule has 1 aliphatic carbocycles. The van der Waals surface area contributed by atoms with Gasteiger partial charge in [0.05, 0.1) is 0 Å². The van der Waals surface area contributed by atoms with Crippen LogP contribution in [0.5, 0.6) is 0 Å². The Morgan fingerprint density at radius 3 is 2.55 bits per heavy atom. The quantitative estimate of drug-likeness (QED) is 0.439. The van der Waals surface area contributed by atoms with Crippen molar-refractivity contribution in [1.29, 1.82) is 0 Å². The molecule has 0 spiro atoms. The predicted molar refractivity (Wildman–Crippen MR) is 46.5 cm³/mol. The number of unbranched alkanes of at least 4 members (excludes halogenated alkanes) is 2. The van der Waals surface area contributed by atoms with E-state index in [1.807, 2.05) is 0 Å². The molecule has 0 bridgehead atoms. The number of rotatable bonds is 5. The highest BCUT2D eigenvalue weighted by atomic mass is 16.1. The lowest BCUT2D eigenvalue weighted by Crippen LogP contribution is -1.92. The highest BCUT2D eigenvalue weighted by Gasteiger charge is 2.13. The van der Waals surface area contributed by atoms with Gasteiger partial charge in [-0.2, -0.15) is 0 Å². The average Bonchev–Trinajstić information content (AvgIpc) is 2.50. The Morgan fingerprint density at radius 1 is 1.18 bits per heavy atom. The number of carbonyl (C=O) groups is 1. The summed E-state index contributed by atoms with van der Waals surface area (Å²) in [6.07, 6.45) is 11.3. The van der Waals surface area contributed by atoms with Crippen LogP contribution in [-0.2, 0) is 4.79 Å². The Kier molecular flexibility index (Phi) is 4.25. The first-order valence-electron chi connectivity index (χ1n) is 4.87. The standard InChI is InChI=1S/C10H18O/c11-9-5-1-2-6-10-7-3-4-8-10/h9-10H,1-8H2. The van der Waals surface area contributed by atoms with E-state index >= 15 is 0 Å². The molecular weight excluding hydrogens is 136 g/mol. The minimum atomic E-state index is 0.771. The first-order valence-corrected chi connectivity index (χ1v) is 4.87. The fourth-order valence-electron chi connectivity index (χ4n) is 1.96. The third kappa shape index (κ3) is 3.54. The van der Waals surface area contributed by atoms with E-state index in [0.29, 0.717) is 0 Å². The number of carbonyl (C=O) groups excluding carboxylic acids is 1. The Bertz CT molecular complexity index is 103. The van der Waals surface area contributed by atoms with Gasteiger partial charge >= 0.3 is 0 Å². The van der Waals surface area contributed by atoms with Gasteiger partial charge in [0.25, 0.3) is 0 Å². The Hall–Kier alpha value is -0.330. The second-order valence-electron chi connectivity index (χ2n) is 3.60. The zero-order valence-corrected chi connectivity index (χ0v) is 7.22. The molecule has 0 N–H and O–H groups in total. The molecule has 0 saturated heterocycles. The molecule has 0 aromatic carbocycles. The van der Waals surface area contributed by atoms with Crippen LogP contribution >= 0.6 is 0 Å². The maximum atomic E-state index is 10.0. The predicted octanol–water partition coefficient (Wildman–Crippen LogP) is 2.94. The Balaban J connectivity index is 1.89. The summed E-state index contributed by atoms with van der Waals surface area (Å²) in [6, 6.07) is 0. The molecule has 0 aliphatic heterocycles. The van der Waals surface area contributed by atoms with E-state index in [-0.39, 0.29) is 0 Å². The van der Waals surface area contributed by atoms with E-state index in [1.54, 1.807) is 0 Å². The molecule has 0 radical (unpaired) electrons. The highest BCUT2D eigenvalue weighted by molar-refractivity contribution is 5.48. The van der Waals surface area contributed by atoms with E-state index < -0.39 is 0 Å². The summed E-state index contributed by atoms with van der Waals surface area (Å²) in [7, 11) is 0. The van der Waals surface area contributed by atoms with Crippen LogP contribution in [0.1, 0.15) is 51.4 Å². The van der Waals surface area contributed by atoms with Gasteiger partial charge in [0.1, 0.15) is 6.29 Å². The van der Waals surface area contributed by atoms with Gasteiger partial charge in [-0.1, -0.05) is 38.5 Å². The molecule has 0 unspecified atom stereocenters. The second-order valence-corrected chi connectivity index (χ2v) is 3.60. The SMILES string of the molecule is O=CCCCCC1CCCC1. The van der Waals surface area contributed by atoms with E-state index in [4.69, 9.17) is 0 Å². The fourth-order valence-corrected chi connectivity index (χ4v) is 1.96. The lowest BCUT2D eigenvalue weighted by molar-refractivity contribution is -0.107. The molecule has 64 valence electrons. The van der Waals surface area contributed by atoms with Gasteiger partial charge < -0.3 is 4.79 Å². The van der Waals surface area contributed by atoms with Crippen molar-refractivity contribution in [1.82, 2.24) is 0 Å². The van der Waals surface area contributed by atoms with Crippen LogP contribution in [0.25, 0.3) is 0 Å². The normalized spacial score (nSPS) is 18.9. The summed E-state index contributed by atoms with van der Waals surface area (Å²) < 4.78 is 0. The maximum absolute atomic E-state index is 10.0. The molecule has 1 heteroatoms. The summed E-state index contributed by atoms with van der Waals surface area (Å²) in [5.41, 5.74) is 0. The minimum Gasteiger partial charge on any atom is -0.303 e. The molecule has 1 rings (SSSR count). The number of hydrogen-bond acceptors (Lipinski definition) is 1. The van der Waals surface area contributed by atoms with Gasteiger partial charge in [-0.25, -0.2) is 0 Å². The first-order chi connectivity index (χ1) is 5.43. The van der Waals surface area contributed by atoms with Crippen molar-refractivity contribution >= 4 is 6.29 Å². The third-order valence-electron chi connectivity index (χ3n) is 2.66. The minimum absolute atomic E-state index is 0.771. The van der Waals surface area contributed by atoms with Crippen molar-refractivity contribution in [3.8, 4) is 0 Å². The second kappa shape index (κ2) is 5.34. The van der Waals surface area contributed by atoms with Crippen molar-refractivity contribution in [3.63, 3.8) is 0 Å². The molecule has 0 amide bonds. The van der Waals surface area contributed by atoms with Crippen LogP contribution < -0.4 is 0 Å². The first kappa shape index (κ1) is 8.76. The van der Waals surface area contributed by atoms with Crippen LogP contribution in [-0.4, -0.2) is 6.29 Å². The van der Waals surface area contributed by atoms with Crippen LogP contribution in [0.3, 0.4) is 0 Å². The van der Waals surface area contributed by atoms with Gasteiger partial charge in [0, 0.05) is 6.42 Å². The van der Waals surface area contributed by atoms with Gasteiger partial charge in [0.15, 0.2) is 0 Å². The summed E-state index contributed by atoms with van der Waals surface area (Å²) >= 11 is 0. The van der Waals surface area contributed by atoms with Crippen molar-refractivity contribution < 1.29 is 4.79 Å². The lowest BCUT2D eigenvalue weighted by Gasteiger charge is -2.06. The molecule has 0 heterocycles. The molecule has 11 heavy (non-hydrogen) atoms. The average molecular weight is 154 g/mol. The Labute approximate surface area is 69.2 Å². The smallest absolute Gasteiger partial charge is 0.119 e. The van der Waals surface area contributed by atoms with E-state index in [9.17, 15) is 4.79 Å². The van der Waals surface area contributed by atoms with Crippen LogP contribution in [0.4, 0.5) is 0 Å². The van der Waals surface area contributed by atoms with Crippen LogP contribution in [0.2, 0.25) is 0 Å². The monoisotopic (exact) mass is 154 g/mol. The van der Waals surface area contributed by atoms with Crippen molar-refractivity contribution in [2.24, 2.45) is 5.92 Å². The molecule has 0 atom stereocenters. The lowest BCUT2D eigenvalue weighted by atomic mass is 10.0. The number of hydrogen-bond donors (Lipinski definition) is 0. The topological polar surface area (TPSA) is 17.1 Å². The molecule has 0 aromatic heterocycles. The number of aldehydes is 1.